The van der Waals surface area contributed by atoms with Crippen molar-refractivity contribution in [2.75, 3.05) is 31.1 Å². The average Bonchev–Trinajstić information content (AvgIpc) is 3.52. The monoisotopic (exact) mass is 538 g/mol. The zero-order chi connectivity index (χ0) is 26.5. The number of nitrogens with zero attached hydrogens (tertiary/aromatic N) is 2. The van der Waals surface area contributed by atoms with Crippen LogP contribution in [-0.2, 0) is 22.4 Å². The standard InChI is InChI=1S/C32H32N4O2S/c1-21-6-13-27-29(18-21)39-31(33-27)23-8-10-25(11-9-23)36-30(37)20-28(32(36)38)35-16-14-34(15-17-35)26-12-7-22-4-2-3-5-24(22)19-26/h2-6,8-11,13,18,26,28H,7,12,14-17,19-20H2,1H3/p+2/t26-,28+/m0/s1. The number of hydrogen-bond donors (Lipinski definition) is 2. The number of imide groups is 1. The second-order valence-corrected chi connectivity index (χ2v) is 12.4. The number of hydrogen-bond acceptors (Lipinski definition) is 4. The lowest BCUT2D eigenvalue weighted by Crippen LogP contribution is -3.31. The third-order valence-electron chi connectivity index (χ3n) is 9.01. The van der Waals surface area contributed by atoms with Gasteiger partial charge in [0.2, 0.25) is 5.91 Å². The van der Waals surface area contributed by atoms with Crippen LogP contribution in [0.15, 0.2) is 66.7 Å². The summed E-state index contributed by atoms with van der Waals surface area (Å²) in [6.07, 6.45) is 3.87. The van der Waals surface area contributed by atoms with Crippen molar-refractivity contribution in [1.82, 2.24) is 4.98 Å². The Bertz CT molecular complexity index is 1550. The predicted molar refractivity (Wildman–Crippen MR) is 154 cm³/mol. The number of benzene rings is 3. The van der Waals surface area contributed by atoms with E-state index in [-0.39, 0.29) is 17.9 Å². The van der Waals surface area contributed by atoms with E-state index >= 15 is 0 Å². The SMILES string of the molecule is Cc1ccc2nc(-c3ccc(N4C(=O)C[C@@H]([NH+]5CC[NH+]([C@H]6CCc7ccccc7C6)CC5)C4=O)cc3)sc2c1. The Morgan fingerprint density at radius 1 is 0.872 bits per heavy atom. The molecule has 2 atom stereocenters. The maximum Gasteiger partial charge on any atom is 0.292 e. The van der Waals surface area contributed by atoms with Crippen molar-refractivity contribution >= 4 is 39.1 Å². The highest BCUT2D eigenvalue weighted by atomic mass is 32.1. The Labute approximate surface area is 232 Å². The van der Waals surface area contributed by atoms with Crippen LogP contribution in [0.25, 0.3) is 20.8 Å². The number of amides is 2. The molecule has 0 saturated carbocycles. The lowest BCUT2D eigenvalue weighted by atomic mass is 9.87. The highest BCUT2D eigenvalue weighted by Gasteiger charge is 2.47. The van der Waals surface area contributed by atoms with E-state index in [1.54, 1.807) is 16.2 Å². The number of thiazole rings is 1. The van der Waals surface area contributed by atoms with Gasteiger partial charge in [0.05, 0.1) is 28.4 Å². The van der Waals surface area contributed by atoms with Crippen molar-refractivity contribution in [1.29, 1.82) is 0 Å². The summed E-state index contributed by atoms with van der Waals surface area (Å²) >= 11 is 1.67. The molecular weight excluding hydrogens is 504 g/mol. The Morgan fingerprint density at radius 3 is 2.41 bits per heavy atom. The summed E-state index contributed by atoms with van der Waals surface area (Å²) in [7, 11) is 0. The van der Waals surface area contributed by atoms with Crippen LogP contribution in [0.1, 0.15) is 29.5 Å². The lowest BCUT2D eigenvalue weighted by molar-refractivity contribution is -1.03. The molecule has 0 bridgehead atoms. The summed E-state index contributed by atoms with van der Waals surface area (Å²) in [5.41, 5.74) is 6.90. The largest absolute Gasteiger partial charge is 0.323 e. The average molecular weight is 539 g/mol. The van der Waals surface area contributed by atoms with Gasteiger partial charge in [0.15, 0.2) is 6.04 Å². The minimum absolute atomic E-state index is 0.0479. The van der Waals surface area contributed by atoms with Crippen molar-refractivity contribution in [3.05, 3.63) is 83.4 Å². The summed E-state index contributed by atoms with van der Waals surface area (Å²) < 4.78 is 1.17. The number of anilines is 1. The first-order valence-corrected chi connectivity index (χ1v) is 15.0. The summed E-state index contributed by atoms with van der Waals surface area (Å²) in [5, 5.41) is 0.949. The third kappa shape index (κ3) is 4.58. The number of rotatable bonds is 4. The Morgan fingerprint density at radius 2 is 1.62 bits per heavy atom. The molecule has 6 nitrogen and oxygen atoms in total. The van der Waals surface area contributed by atoms with Crippen LogP contribution in [0.3, 0.4) is 0 Å². The first kappa shape index (κ1) is 24.6. The number of nitrogens with one attached hydrogen (secondary N) is 2. The van der Waals surface area contributed by atoms with E-state index in [1.165, 1.54) is 44.0 Å². The van der Waals surface area contributed by atoms with Crippen LogP contribution in [0.4, 0.5) is 5.69 Å². The molecule has 7 heteroatoms. The Hall–Kier alpha value is -3.39. The first-order valence-electron chi connectivity index (χ1n) is 14.1. The molecule has 4 aromatic rings. The van der Waals surface area contributed by atoms with Gasteiger partial charge in [-0.25, -0.2) is 9.88 Å². The van der Waals surface area contributed by atoms with E-state index < -0.39 is 0 Å². The van der Waals surface area contributed by atoms with Gasteiger partial charge in [-0.1, -0.05) is 30.3 Å². The van der Waals surface area contributed by atoms with E-state index in [0.717, 1.165) is 48.7 Å². The second-order valence-electron chi connectivity index (χ2n) is 11.4. The molecule has 2 amide bonds. The molecular formula is C32H34N4O2S+2. The van der Waals surface area contributed by atoms with Gasteiger partial charge in [0, 0.05) is 18.4 Å². The maximum absolute atomic E-state index is 13.5. The van der Waals surface area contributed by atoms with Crippen LogP contribution in [0.5, 0.6) is 0 Å². The van der Waals surface area contributed by atoms with Crippen molar-refractivity contribution in [2.24, 2.45) is 0 Å². The Kier molecular flexibility index (Phi) is 6.30. The number of carbonyl (C=O) groups is 2. The third-order valence-corrected chi connectivity index (χ3v) is 10.1. The van der Waals surface area contributed by atoms with Gasteiger partial charge in [-0.05, 0) is 66.4 Å². The molecule has 2 N–H and O–H groups in total. The molecule has 1 aliphatic carbocycles. The summed E-state index contributed by atoms with van der Waals surface area (Å²) in [5.74, 6) is -0.132. The molecule has 1 aromatic heterocycles. The van der Waals surface area contributed by atoms with Crippen molar-refractivity contribution in [3.63, 3.8) is 0 Å². The zero-order valence-corrected chi connectivity index (χ0v) is 23.1. The molecule has 2 aliphatic heterocycles. The summed E-state index contributed by atoms with van der Waals surface area (Å²) in [6.45, 7) is 6.11. The highest BCUT2D eigenvalue weighted by Crippen LogP contribution is 2.32. The van der Waals surface area contributed by atoms with Crippen molar-refractivity contribution < 1.29 is 19.4 Å². The summed E-state index contributed by atoms with van der Waals surface area (Å²) in [4.78, 5) is 35.7. The fourth-order valence-electron chi connectivity index (χ4n) is 6.83. The fourth-order valence-corrected chi connectivity index (χ4v) is 7.90. The van der Waals surface area contributed by atoms with Gasteiger partial charge >= 0.3 is 0 Å². The number of piperazine rings is 1. The lowest BCUT2D eigenvalue weighted by Gasteiger charge is -2.37. The van der Waals surface area contributed by atoms with Crippen LogP contribution in [0.2, 0.25) is 0 Å². The maximum atomic E-state index is 13.5. The van der Waals surface area contributed by atoms with Gasteiger partial charge < -0.3 is 9.80 Å². The molecule has 0 unspecified atom stereocenters. The topological polar surface area (TPSA) is 59.1 Å². The normalized spacial score (nSPS) is 25.3. The van der Waals surface area contributed by atoms with Gasteiger partial charge in [0.25, 0.3) is 5.91 Å². The smallest absolute Gasteiger partial charge is 0.292 e. The van der Waals surface area contributed by atoms with Gasteiger partial charge in [-0.3, -0.25) is 9.59 Å². The molecule has 3 aromatic carbocycles. The molecule has 3 heterocycles. The van der Waals surface area contributed by atoms with Crippen LogP contribution < -0.4 is 14.7 Å². The van der Waals surface area contributed by atoms with Crippen LogP contribution >= 0.6 is 11.3 Å². The quantitative estimate of drug-likeness (QED) is 0.392. The second kappa shape index (κ2) is 9.97. The van der Waals surface area contributed by atoms with Gasteiger partial charge in [0.1, 0.15) is 31.2 Å². The zero-order valence-electron chi connectivity index (χ0n) is 22.3. The van der Waals surface area contributed by atoms with Crippen LogP contribution in [0, 0.1) is 6.92 Å². The van der Waals surface area contributed by atoms with Gasteiger partial charge in [-0.15, -0.1) is 11.3 Å². The van der Waals surface area contributed by atoms with E-state index in [4.69, 9.17) is 4.98 Å². The van der Waals surface area contributed by atoms with E-state index in [0.29, 0.717) is 18.2 Å². The van der Waals surface area contributed by atoms with Gasteiger partial charge in [-0.2, -0.15) is 0 Å². The molecule has 3 aliphatic rings. The molecule has 39 heavy (non-hydrogen) atoms. The number of fused-ring (bicyclic) bond motifs is 2. The summed E-state index contributed by atoms with van der Waals surface area (Å²) in [6, 6.07) is 23.3. The fraction of sp³-hybridized carbons (Fsp3) is 0.344. The molecule has 0 spiro atoms. The minimum Gasteiger partial charge on any atom is -0.323 e. The van der Waals surface area contributed by atoms with Crippen LogP contribution in [-0.4, -0.2) is 55.1 Å². The Balaban J connectivity index is 1.01. The van der Waals surface area contributed by atoms with Crippen molar-refractivity contribution in [2.45, 2.75) is 44.7 Å². The number of aromatic nitrogens is 1. The molecule has 0 radical (unpaired) electrons. The molecule has 198 valence electrons. The number of quaternary nitrogens is 2. The molecule has 7 rings (SSSR count). The minimum atomic E-state index is -0.265. The van der Waals surface area contributed by atoms with E-state index in [9.17, 15) is 9.59 Å². The first-order chi connectivity index (χ1) is 19.0. The predicted octanol–water partition coefficient (Wildman–Crippen LogP) is 2.24. The van der Waals surface area contributed by atoms with Crippen molar-refractivity contribution in [3.8, 4) is 10.6 Å². The highest BCUT2D eigenvalue weighted by molar-refractivity contribution is 7.21. The van der Waals surface area contributed by atoms with E-state index in [1.807, 2.05) is 24.3 Å². The van der Waals surface area contributed by atoms with E-state index in [2.05, 4.69) is 49.4 Å². The molecule has 2 saturated heterocycles. The number of carbonyl (C=O) groups excluding carboxylic acids is 2. The molecule has 2 fully saturated rings. The number of aryl methyl sites for hydroxylation is 2.